The lowest BCUT2D eigenvalue weighted by molar-refractivity contribution is 0.384. The van der Waals surface area contributed by atoms with Crippen molar-refractivity contribution >= 4 is 0 Å². The molecule has 0 bridgehead atoms. The van der Waals surface area contributed by atoms with Crippen molar-refractivity contribution in [3.63, 3.8) is 0 Å². The van der Waals surface area contributed by atoms with Crippen LogP contribution in [0.25, 0.3) is 0 Å². The van der Waals surface area contributed by atoms with Gasteiger partial charge < -0.3 is 14.8 Å². The summed E-state index contributed by atoms with van der Waals surface area (Å²) in [5.41, 5.74) is 1.76. The predicted molar refractivity (Wildman–Crippen MR) is 77.0 cm³/mol. The fraction of sp³-hybridized carbons (Fsp3) is 0.333. The van der Waals surface area contributed by atoms with Gasteiger partial charge in [-0.2, -0.15) is 0 Å². The lowest BCUT2D eigenvalue weighted by atomic mass is 10.0. The molecule has 21 heavy (non-hydrogen) atoms. The van der Waals surface area contributed by atoms with Crippen LogP contribution < -0.4 is 14.8 Å². The van der Waals surface area contributed by atoms with Crippen molar-refractivity contribution in [2.45, 2.75) is 12.5 Å². The van der Waals surface area contributed by atoms with Gasteiger partial charge in [0.2, 0.25) is 5.88 Å². The topological polar surface area (TPSA) is 56.3 Å². The second-order valence-corrected chi connectivity index (χ2v) is 4.49. The second kappa shape index (κ2) is 6.99. The van der Waals surface area contributed by atoms with Gasteiger partial charge in [0.15, 0.2) is 11.6 Å². The van der Waals surface area contributed by atoms with E-state index in [4.69, 9.17) is 9.47 Å². The Balaban J connectivity index is 2.23. The molecular weight excluding hydrogens is 273 g/mol. The van der Waals surface area contributed by atoms with Crippen molar-refractivity contribution in [3.05, 3.63) is 47.7 Å². The molecule has 2 rings (SSSR count). The van der Waals surface area contributed by atoms with Crippen LogP contribution in [0.2, 0.25) is 0 Å². The van der Waals surface area contributed by atoms with Gasteiger partial charge in [0.1, 0.15) is 6.33 Å². The Morgan fingerprint density at radius 1 is 1.19 bits per heavy atom. The van der Waals surface area contributed by atoms with Gasteiger partial charge in [-0.1, -0.05) is 6.07 Å². The zero-order chi connectivity index (χ0) is 15.2. The highest BCUT2D eigenvalue weighted by Gasteiger charge is 2.14. The zero-order valence-corrected chi connectivity index (χ0v) is 12.3. The minimum Gasteiger partial charge on any atom is -0.494 e. The first-order chi connectivity index (χ1) is 10.2. The molecule has 1 atom stereocenters. The number of halogens is 1. The number of aromatic nitrogens is 2. The van der Waals surface area contributed by atoms with Crippen LogP contribution in [0, 0.1) is 5.82 Å². The summed E-state index contributed by atoms with van der Waals surface area (Å²) in [6.45, 7) is 0. The van der Waals surface area contributed by atoms with E-state index in [1.165, 1.54) is 19.5 Å². The number of ether oxygens (including phenoxy) is 2. The first-order valence-corrected chi connectivity index (χ1v) is 6.53. The maximum absolute atomic E-state index is 13.5. The van der Waals surface area contributed by atoms with Crippen molar-refractivity contribution in [1.82, 2.24) is 15.3 Å². The summed E-state index contributed by atoms with van der Waals surface area (Å²) in [7, 11) is 4.86. The van der Waals surface area contributed by atoms with E-state index in [2.05, 4.69) is 15.3 Å². The summed E-state index contributed by atoms with van der Waals surface area (Å²) in [5.74, 6) is 0.374. The third-order valence-corrected chi connectivity index (χ3v) is 3.25. The van der Waals surface area contributed by atoms with Crippen LogP contribution in [0.1, 0.15) is 17.3 Å². The first-order valence-electron chi connectivity index (χ1n) is 6.53. The van der Waals surface area contributed by atoms with Crippen molar-refractivity contribution in [2.24, 2.45) is 0 Å². The molecule has 6 heteroatoms. The number of likely N-dealkylation sites (N-methyl/N-ethyl adjacent to an activating group) is 1. The molecule has 0 aliphatic carbocycles. The maximum Gasteiger partial charge on any atom is 0.216 e. The lowest BCUT2D eigenvalue weighted by Crippen LogP contribution is -2.19. The summed E-state index contributed by atoms with van der Waals surface area (Å²) >= 11 is 0. The molecule has 1 aromatic heterocycles. The third-order valence-electron chi connectivity index (χ3n) is 3.25. The molecule has 0 amide bonds. The monoisotopic (exact) mass is 291 g/mol. The van der Waals surface area contributed by atoms with E-state index in [0.717, 1.165) is 11.3 Å². The molecule has 0 fully saturated rings. The van der Waals surface area contributed by atoms with E-state index in [1.807, 2.05) is 7.05 Å². The van der Waals surface area contributed by atoms with Gasteiger partial charge in [0.25, 0.3) is 0 Å². The minimum atomic E-state index is -0.375. The van der Waals surface area contributed by atoms with Gasteiger partial charge in [0, 0.05) is 24.2 Å². The van der Waals surface area contributed by atoms with Crippen molar-refractivity contribution in [3.8, 4) is 11.6 Å². The molecule has 0 aliphatic heterocycles. The third kappa shape index (κ3) is 3.66. The van der Waals surface area contributed by atoms with Crippen LogP contribution in [0.15, 0.2) is 30.6 Å². The summed E-state index contributed by atoms with van der Waals surface area (Å²) in [4.78, 5) is 8.20. The normalized spacial score (nSPS) is 12.0. The molecule has 1 N–H and O–H groups in total. The number of hydrogen-bond donors (Lipinski definition) is 1. The number of nitrogens with one attached hydrogen (secondary N) is 1. The Morgan fingerprint density at radius 2 is 2.00 bits per heavy atom. The molecule has 112 valence electrons. The molecule has 0 saturated heterocycles. The van der Waals surface area contributed by atoms with Crippen LogP contribution in [0.3, 0.4) is 0 Å². The second-order valence-electron chi connectivity index (χ2n) is 4.49. The van der Waals surface area contributed by atoms with E-state index in [1.54, 1.807) is 25.3 Å². The largest absolute Gasteiger partial charge is 0.494 e. The molecule has 0 saturated carbocycles. The van der Waals surface area contributed by atoms with Gasteiger partial charge in [-0.15, -0.1) is 0 Å². The van der Waals surface area contributed by atoms with Crippen LogP contribution >= 0.6 is 0 Å². The van der Waals surface area contributed by atoms with Crippen molar-refractivity contribution in [2.75, 3.05) is 21.3 Å². The van der Waals surface area contributed by atoms with Gasteiger partial charge in [-0.3, -0.25) is 0 Å². The molecule has 1 aromatic carbocycles. The van der Waals surface area contributed by atoms with Gasteiger partial charge in [-0.05, 0) is 24.7 Å². The molecule has 0 radical (unpaired) electrons. The van der Waals surface area contributed by atoms with Crippen LogP contribution in [0.5, 0.6) is 11.6 Å². The van der Waals surface area contributed by atoms with Gasteiger partial charge in [-0.25, -0.2) is 14.4 Å². The Labute approximate surface area is 123 Å². The van der Waals surface area contributed by atoms with E-state index >= 15 is 0 Å². The Kier molecular flexibility index (Phi) is 5.05. The Hall–Kier alpha value is -2.21. The quantitative estimate of drug-likeness (QED) is 0.883. The standard InChI is InChI=1S/C15H18FN3O2/c1-17-13(7-11-8-15(21-3)19-9-18-11)10-4-5-12(16)14(6-10)20-2/h4-6,8-9,13,17H,7H2,1-3H3. The molecule has 2 aromatic rings. The van der Waals surface area contributed by atoms with Gasteiger partial charge in [0.05, 0.1) is 14.2 Å². The van der Waals surface area contributed by atoms with Crippen LogP contribution in [-0.2, 0) is 6.42 Å². The van der Waals surface area contributed by atoms with E-state index in [9.17, 15) is 4.39 Å². The fourth-order valence-electron chi connectivity index (χ4n) is 2.09. The maximum atomic E-state index is 13.5. The fourth-order valence-corrected chi connectivity index (χ4v) is 2.09. The first kappa shape index (κ1) is 15.2. The number of nitrogens with zero attached hydrogens (tertiary/aromatic N) is 2. The highest BCUT2D eigenvalue weighted by atomic mass is 19.1. The van der Waals surface area contributed by atoms with Crippen LogP contribution in [0.4, 0.5) is 4.39 Å². The summed E-state index contributed by atoms with van der Waals surface area (Å²) in [6, 6.07) is 6.59. The number of methoxy groups -OCH3 is 2. The number of hydrogen-bond acceptors (Lipinski definition) is 5. The molecule has 5 nitrogen and oxygen atoms in total. The van der Waals surface area contributed by atoms with Crippen LogP contribution in [-0.4, -0.2) is 31.2 Å². The predicted octanol–water partition coefficient (Wildman–Crippen LogP) is 2.14. The molecule has 0 aliphatic rings. The number of benzene rings is 1. The zero-order valence-electron chi connectivity index (χ0n) is 12.3. The van der Waals surface area contributed by atoms with E-state index in [0.29, 0.717) is 12.3 Å². The van der Waals surface area contributed by atoms with Crippen molar-refractivity contribution < 1.29 is 13.9 Å². The highest BCUT2D eigenvalue weighted by Crippen LogP contribution is 2.24. The summed E-state index contributed by atoms with van der Waals surface area (Å²) < 4.78 is 23.6. The lowest BCUT2D eigenvalue weighted by Gasteiger charge is -2.17. The summed E-state index contributed by atoms with van der Waals surface area (Å²) in [5, 5.41) is 3.20. The molecule has 0 spiro atoms. The highest BCUT2D eigenvalue weighted by molar-refractivity contribution is 5.33. The Bertz CT molecular complexity index is 607. The summed E-state index contributed by atoms with van der Waals surface area (Å²) in [6.07, 6.45) is 2.09. The molecule has 1 heterocycles. The minimum absolute atomic E-state index is 0.0147. The Morgan fingerprint density at radius 3 is 2.67 bits per heavy atom. The molecular formula is C15H18FN3O2. The smallest absolute Gasteiger partial charge is 0.216 e. The average molecular weight is 291 g/mol. The average Bonchev–Trinajstić information content (AvgIpc) is 2.53. The van der Waals surface area contributed by atoms with E-state index in [-0.39, 0.29) is 17.6 Å². The van der Waals surface area contributed by atoms with Crippen molar-refractivity contribution in [1.29, 1.82) is 0 Å². The SMILES string of the molecule is CNC(Cc1cc(OC)ncn1)c1ccc(F)c(OC)c1. The number of rotatable bonds is 6. The van der Waals surface area contributed by atoms with Gasteiger partial charge >= 0.3 is 0 Å². The van der Waals surface area contributed by atoms with E-state index < -0.39 is 0 Å². The molecule has 1 unspecified atom stereocenters.